The third-order valence-electron chi connectivity index (χ3n) is 0. The minimum atomic E-state index is 0. The van der Waals surface area contributed by atoms with E-state index in [2.05, 4.69) is 0 Å². The number of hydrogen-bond acceptors (Lipinski definition) is 1. The first kappa shape index (κ1) is 17.1. The van der Waals surface area contributed by atoms with Crippen molar-refractivity contribution in [1.29, 1.82) is 0 Å². The normalized spacial score (nSPS) is 1.50. The van der Waals surface area contributed by atoms with Crippen molar-refractivity contribution in [3.05, 3.63) is 0 Å². The Balaban J connectivity index is -0.00000000500. The second-order valence-electron chi connectivity index (χ2n) is 0. The molecule has 33 valence electrons. The van der Waals surface area contributed by atoms with E-state index in [1.165, 1.54) is 0 Å². The quantitative estimate of drug-likeness (QED) is 0.421. The molecule has 1 nitrogen and oxygen atoms in total. The van der Waals surface area contributed by atoms with Crippen LogP contribution in [0.25, 0.3) is 0 Å². The Bertz CT molecular complexity index is 8.00. The third kappa shape index (κ3) is 9.25. The molecule has 0 aliphatic heterocycles. The van der Waals surface area contributed by atoms with Gasteiger partial charge in [0.05, 0.1) is 0 Å². The van der Waals surface area contributed by atoms with E-state index in [-0.39, 0.29) is 39.6 Å². The molecule has 0 heterocycles. The monoisotopic (exact) mass is 506 g/mol. The van der Waals surface area contributed by atoms with Gasteiger partial charge in [0.15, 0.2) is 0 Å². The van der Waals surface area contributed by atoms with Crippen LogP contribution in [0.3, 0.4) is 0 Å². The molecule has 0 bridgehead atoms. The fraction of sp³-hybridized carbons (Fsp3) is 0. The van der Waals surface area contributed by atoms with Gasteiger partial charge >= 0.3 is 23.2 Å². The Morgan fingerprint density at radius 1 is 1.25 bits per heavy atom. The summed E-state index contributed by atoms with van der Waals surface area (Å²) in [7, 11) is 0. The van der Waals surface area contributed by atoms with E-state index in [1.807, 2.05) is 0 Å². The fourth-order valence-electron chi connectivity index (χ4n) is 0. The molecule has 0 spiro atoms. The summed E-state index contributed by atoms with van der Waals surface area (Å²) in [4.78, 5) is 0. The van der Waals surface area contributed by atoms with Crippen molar-refractivity contribution in [1.82, 2.24) is 0 Å². The topological polar surface area (TPSA) is 17.1 Å². The van der Waals surface area contributed by atoms with Gasteiger partial charge in [0, 0.05) is 39.6 Å². The molecule has 0 fully saturated rings. The van der Waals surface area contributed by atoms with E-state index in [0.29, 0.717) is 0 Å². The van der Waals surface area contributed by atoms with E-state index >= 15 is 0 Å². The molecular formula is IrOPtRu. The second kappa shape index (κ2) is 21.7. The van der Waals surface area contributed by atoms with E-state index < -0.39 is 0 Å². The van der Waals surface area contributed by atoms with Crippen LogP contribution in [-0.2, 0) is 62.8 Å². The van der Waals surface area contributed by atoms with Crippen molar-refractivity contribution >= 4 is 0 Å². The van der Waals surface area contributed by atoms with Crippen molar-refractivity contribution in [2.75, 3.05) is 0 Å². The first-order valence-corrected chi connectivity index (χ1v) is 1.06. The molecule has 0 saturated carbocycles. The molecule has 0 aromatic rings. The maximum Gasteiger partial charge on any atom is 0 e. The Morgan fingerprint density at radius 2 is 1.25 bits per heavy atom. The van der Waals surface area contributed by atoms with Gasteiger partial charge in [0.25, 0.3) is 0 Å². The Kier molecular flexibility index (Phi) is 93.0. The van der Waals surface area contributed by atoms with Crippen LogP contribution in [0.2, 0.25) is 0 Å². The number of rotatable bonds is 0. The summed E-state index contributed by atoms with van der Waals surface area (Å²) < 4.78 is 8.22. The zero-order chi connectivity index (χ0) is 2.00. The predicted molar refractivity (Wildman–Crippen MR) is 0.686 cm³/mol. The smallest absolute Gasteiger partial charge is 0 e. The van der Waals surface area contributed by atoms with Crippen LogP contribution in [0, 0.1) is 0 Å². The van der Waals surface area contributed by atoms with E-state index in [1.54, 1.807) is 0 Å². The van der Waals surface area contributed by atoms with Gasteiger partial charge in [0.1, 0.15) is 0 Å². The summed E-state index contributed by atoms with van der Waals surface area (Å²) in [5, 5.41) is 0. The van der Waals surface area contributed by atoms with Crippen molar-refractivity contribution in [2.45, 2.75) is 0 Å². The summed E-state index contributed by atoms with van der Waals surface area (Å²) in [6, 6.07) is 0. The van der Waals surface area contributed by atoms with Gasteiger partial charge in [-0.1, -0.05) is 0 Å². The zero-order valence-corrected chi connectivity index (χ0v) is 7.82. The summed E-state index contributed by atoms with van der Waals surface area (Å²) in [5.41, 5.74) is 0. The van der Waals surface area contributed by atoms with Crippen molar-refractivity contribution < 1.29 is 62.8 Å². The predicted octanol–water partition coefficient (Wildman–Crippen LogP) is -0.126. The third-order valence-corrected chi connectivity index (χ3v) is 0. The molecule has 0 rings (SSSR count). The van der Waals surface area contributed by atoms with Gasteiger partial charge in [-0.3, -0.25) is 0 Å². The van der Waals surface area contributed by atoms with Crippen molar-refractivity contribution in [3.8, 4) is 0 Å². The second-order valence-corrected chi connectivity index (χ2v) is 0. The molecule has 4 heteroatoms. The molecule has 0 aromatic heterocycles. The summed E-state index contributed by atoms with van der Waals surface area (Å²) >= 11 is 0.889. The molecular weight excluding hydrogens is 504 g/mol. The van der Waals surface area contributed by atoms with Crippen LogP contribution < -0.4 is 0 Å². The molecule has 0 saturated heterocycles. The zero-order valence-electron chi connectivity index (χ0n) is 1.41. The molecule has 1 radical (unpaired) electrons. The summed E-state index contributed by atoms with van der Waals surface area (Å²) in [6.45, 7) is 0. The SMILES string of the molecule is [Ir].[O]=[Pt].[Ru]. The van der Waals surface area contributed by atoms with Crippen LogP contribution >= 0.6 is 0 Å². The maximum atomic E-state index is 8.22. The van der Waals surface area contributed by atoms with Crippen molar-refractivity contribution in [3.63, 3.8) is 0 Å². The molecule has 0 aliphatic rings. The van der Waals surface area contributed by atoms with E-state index in [4.69, 9.17) is 3.40 Å². The fourth-order valence-corrected chi connectivity index (χ4v) is 0. The standard InChI is InChI=1S/Ir.O.Pt.Ru. The van der Waals surface area contributed by atoms with Gasteiger partial charge in [-0.2, -0.15) is 0 Å². The van der Waals surface area contributed by atoms with Gasteiger partial charge in [0.2, 0.25) is 0 Å². The molecule has 0 aliphatic carbocycles. The average molecular weight is 504 g/mol. The van der Waals surface area contributed by atoms with Crippen LogP contribution in [-0.4, -0.2) is 0 Å². The molecule has 0 N–H and O–H groups in total. The summed E-state index contributed by atoms with van der Waals surface area (Å²) in [6.07, 6.45) is 0. The maximum absolute atomic E-state index is 8.22. The van der Waals surface area contributed by atoms with Crippen LogP contribution in [0.4, 0.5) is 0 Å². The Hall–Kier alpha value is 1.76. The average Bonchev–Trinajstić information content (AvgIpc) is 1.00. The van der Waals surface area contributed by atoms with E-state index in [0.717, 1.165) is 19.8 Å². The number of hydrogen-bond donors (Lipinski definition) is 0. The van der Waals surface area contributed by atoms with Crippen LogP contribution in [0.15, 0.2) is 0 Å². The Labute approximate surface area is 62.2 Å². The first-order valence-electron chi connectivity index (χ1n) is 0.129. The van der Waals surface area contributed by atoms with Gasteiger partial charge in [-0.25, -0.2) is 0 Å². The van der Waals surface area contributed by atoms with E-state index in [9.17, 15) is 0 Å². The van der Waals surface area contributed by atoms with Gasteiger partial charge < -0.3 is 0 Å². The Morgan fingerprint density at radius 3 is 1.25 bits per heavy atom. The van der Waals surface area contributed by atoms with Gasteiger partial charge in [-0.05, 0) is 0 Å². The molecule has 0 atom stereocenters. The molecule has 0 aromatic carbocycles. The largest absolute Gasteiger partial charge is 0 e. The van der Waals surface area contributed by atoms with Crippen LogP contribution in [0.5, 0.6) is 0 Å². The minimum absolute atomic E-state index is 0. The minimum Gasteiger partial charge on any atom is 0 e. The molecule has 4 heavy (non-hydrogen) atoms. The van der Waals surface area contributed by atoms with Gasteiger partial charge in [-0.15, -0.1) is 0 Å². The first-order chi connectivity index (χ1) is 1.00. The molecule has 0 amide bonds. The molecule has 0 unspecified atom stereocenters. The van der Waals surface area contributed by atoms with Crippen molar-refractivity contribution in [2.24, 2.45) is 0 Å². The van der Waals surface area contributed by atoms with Crippen LogP contribution in [0.1, 0.15) is 0 Å². The summed E-state index contributed by atoms with van der Waals surface area (Å²) in [5.74, 6) is 0.